The Morgan fingerprint density at radius 3 is 2.55 bits per heavy atom. The Bertz CT molecular complexity index is 967. The fourth-order valence-corrected chi connectivity index (χ4v) is 4.31. The van der Waals surface area contributed by atoms with Crippen molar-refractivity contribution in [1.82, 2.24) is 20.4 Å². The smallest absolute Gasteiger partial charge is 0.308 e. The highest BCUT2D eigenvalue weighted by Gasteiger charge is 2.20. The van der Waals surface area contributed by atoms with Gasteiger partial charge in [0, 0.05) is 23.5 Å². The number of hydrogen-bond acceptors (Lipinski definition) is 6. The van der Waals surface area contributed by atoms with E-state index in [1.54, 1.807) is 11.8 Å². The van der Waals surface area contributed by atoms with Gasteiger partial charge >= 0.3 is 11.8 Å². The van der Waals surface area contributed by atoms with Crippen LogP contribution in [0.5, 0.6) is 0 Å². The Morgan fingerprint density at radius 1 is 1.10 bits per heavy atom. The molecule has 1 aromatic heterocycles. The van der Waals surface area contributed by atoms with Crippen molar-refractivity contribution in [2.45, 2.75) is 30.7 Å². The minimum absolute atomic E-state index is 0.0154. The molecule has 1 N–H and O–H groups in total. The molecule has 31 heavy (non-hydrogen) atoms. The standard InChI is InChI=1S/C24H28N4O2S/c1-31-21-9-7-20(8-10-21)23-26-27-24(30-23)22(29)25-14-11-18-12-15-28(16-13-18)17-19-5-3-2-4-6-19/h2-10,18H,11-17H2,1H3,(H,25,29). The number of nitrogens with zero attached hydrogens (tertiary/aromatic N) is 3. The van der Waals surface area contributed by atoms with Crippen molar-refractivity contribution in [3.8, 4) is 11.5 Å². The minimum Gasteiger partial charge on any atom is -0.412 e. The molecule has 1 amide bonds. The fourth-order valence-electron chi connectivity index (χ4n) is 3.91. The van der Waals surface area contributed by atoms with Gasteiger partial charge in [-0.05, 0) is 74.4 Å². The number of benzene rings is 2. The van der Waals surface area contributed by atoms with Gasteiger partial charge in [0.15, 0.2) is 0 Å². The number of likely N-dealkylation sites (tertiary alicyclic amines) is 1. The third-order valence-corrected chi connectivity index (χ3v) is 6.49. The van der Waals surface area contributed by atoms with Crippen LogP contribution in [0, 0.1) is 5.92 Å². The van der Waals surface area contributed by atoms with Crippen LogP contribution in [-0.4, -0.2) is 46.9 Å². The molecule has 1 fully saturated rings. The van der Waals surface area contributed by atoms with E-state index in [-0.39, 0.29) is 11.8 Å². The van der Waals surface area contributed by atoms with Gasteiger partial charge in [-0.2, -0.15) is 0 Å². The molecule has 6 nitrogen and oxygen atoms in total. The normalized spacial score (nSPS) is 15.1. The van der Waals surface area contributed by atoms with Gasteiger partial charge < -0.3 is 9.73 Å². The number of carbonyl (C=O) groups is 1. The average molecular weight is 437 g/mol. The Labute approximate surface area is 187 Å². The van der Waals surface area contributed by atoms with Crippen molar-refractivity contribution in [3.05, 3.63) is 66.1 Å². The van der Waals surface area contributed by atoms with E-state index in [2.05, 4.69) is 50.7 Å². The maximum absolute atomic E-state index is 12.4. The van der Waals surface area contributed by atoms with E-state index >= 15 is 0 Å². The first-order valence-corrected chi connectivity index (χ1v) is 12.0. The van der Waals surface area contributed by atoms with Gasteiger partial charge in [0.2, 0.25) is 5.89 Å². The molecule has 0 saturated carbocycles. The Kier molecular flexibility index (Phi) is 7.38. The molecule has 7 heteroatoms. The summed E-state index contributed by atoms with van der Waals surface area (Å²) in [5.74, 6) is 0.715. The van der Waals surface area contributed by atoms with Crippen molar-refractivity contribution >= 4 is 17.7 Å². The quantitative estimate of drug-likeness (QED) is 0.525. The van der Waals surface area contributed by atoms with Crippen molar-refractivity contribution in [2.75, 3.05) is 25.9 Å². The number of thioether (sulfide) groups is 1. The van der Waals surface area contributed by atoms with Crippen LogP contribution < -0.4 is 5.32 Å². The number of hydrogen-bond donors (Lipinski definition) is 1. The Morgan fingerprint density at radius 2 is 1.84 bits per heavy atom. The third-order valence-electron chi connectivity index (χ3n) is 5.75. The fraction of sp³-hybridized carbons (Fsp3) is 0.375. The lowest BCUT2D eigenvalue weighted by Crippen LogP contribution is -2.34. The lowest BCUT2D eigenvalue weighted by Gasteiger charge is -2.32. The van der Waals surface area contributed by atoms with Crippen LogP contribution in [0.1, 0.15) is 35.5 Å². The molecular formula is C24H28N4O2S. The molecule has 0 aliphatic carbocycles. The van der Waals surface area contributed by atoms with Crippen molar-refractivity contribution in [3.63, 3.8) is 0 Å². The molecule has 1 aliphatic rings. The second-order valence-electron chi connectivity index (χ2n) is 7.89. The predicted molar refractivity (Wildman–Crippen MR) is 123 cm³/mol. The lowest BCUT2D eigenvalue weighted by atomic mass is 9.93. The molecule has 0 spiro atoms. The number of aromatic nitrogens is 2. The molecule has 2 heterocycles. The first-order chi connectivity index (χ1) is 15.2. The number of nitrogens with one attached hydrogen (secondary N) is 1. The van der Waals surface area contributed by atoms with E-state index in [4.69, 9.17) is 4.42 Å². The number of rotatable bonds is 8. The molecule has 3 aromatic rings. The van der Waals surface area contributed by atoms with Crippen molar-refractivity contribution < 1.29 is 9.21 Å². The second kappa shape index (κ2) is 10.6. The lowest BCUT2D eigenvalue weighted by molar-refractivity contribution is 0.0913. The summed E-state index contributed by atoms with van der Waals surface area (Å²) in [6.45, 7) is 3.86. The molecule has 1 aliphatic heterocycles. The van der Waals surface area contributed by atoms with Gasteiger partial charge in [-0.1, -0.05) is 30.3 Å². The van der Waals surface area contributed by atoms with Crippen molar-refractivity contribution in [1.29, 1.82) is 0 Å². The van der Waals surface area contributed by atoms with Gasteiger partial charge in [0.05, 0.1) is 0 Å². The third kappa shape index (κ3) is 5.95. The first-order valence-electron chi connectivity index (χ1n) is 10.7. The summed E-state index contributed by atoms with van der Waals surface area (Å²) in [6, 6.07) is 18.5. The van der Waals surface area contributed by atoms with Crippen LogP contribution in [0.4, 0.5) is 0 Å². The van der Waals surface area contributed by atoms with Crippen LogP contribution in [0.15, 0.2) is 63.9 Å². The Hall–Kier alpha value is -2.64. The van der Waals surface area contributed by atoms with Gasteiger partial charge in [-0.25, -0.2) is 0 Å². The molecule has 0 atom stereocenters. The van der Waals surface area contributed by atoms with Gasteiger partial charge in [-0.3, -0.25) is 9.69 Å². The topological polar surface area (TPSA) is 71.3 Å². The van der Waals surface area contributed by atoms with Crippen LogP contribution in [-0.2, 0) is 6.54 Å². The number of amides is 1. The highest BCUT2D eigenvalue weighted by Crippen LogP contribution is 2.23. The number of carbonyl (C=O) groups excluding carboxylic acids is 1. The largest absolute Gasteiger partial charge is 0.412 e. The van der Waals surface area contributed by atoms with Gasteiger partial charge in [0.25, 0.3) is 0 Å². The average Bonchev–Trinajstić information content (AvgIpc) is 3.31. The zero-order chi connectivity index (χ0) is 21.5. The molecule has 0 radical (unpaired) electrons. The second-order valence-corrected chi connectivity index (χ2v) is 8.77. The minimum atomic E-state index is -0.305. The van der Waals surface area contributed by atoms with Crippen LogP contribution in [0.25, 0.3) is 11.5 Å². The van der Waals surface area contributed by atoms with Crippen LogP contribution in [0.2, 0.25) is 0 Å². The summed E-state index contributed by atoms with van der Waals surface area (Å²) in [4.78, 5) is 16.0. The molecule has 162 valence electrons. The summed E-state index contributed by atoms with van der Waals surface area (Å²) in [5.41, 5.74) is 2.18. The molecule has 4 rings (SSSR count). The van der Waals surface area contributed by atoms with E-state index in [9.17, 15) is 4.79 Å². The van der Waals surface area contributed by atoms with E-state index in [1.165, 1.54) is 18.4 Å². The summed E-state index contributed by atoms with van der Waals surface area (Å²) < 4.78 is 5.57. The van der Waals surface area contributed by atoms with E-state index < -0.39 is 0 Å². The highest BCUT2D eigenvalue weighted by molar-refractivity contribution is 7.98. The maximum atomic E-state index is 12.4. The molecular weight excluding hydrogens is 408 g/mol. The van der Waals surface area contributed by atoms with E-state index in [0.717, 1.165) is 36.5 Å². The molecule has 0 unspecified atom stereocenters. The maximum Gasteiger partial charge on any atom is 0.308 e. The zero-order valence-corrected chi connectivity index (χ0v) is 18.6. The molecule has 1 saturated heterocycles. The predicted octanol–water partition coefficient (Wildman–Crippen LogP) is 4.49. The van der Waals surface area contributed by atoms with E-state index in [1.807, 2.05) is 30.5 Å². The van der Waals surface area contributed by atoms with Crippen LogP contribution >= 0.6 is 11.8 Å². The zero-order valence-electron chi connectivity index (χ0n) is 17.8. The van der Waals surface area contributed by atoms with Gasteiger partial charge in [-0.15, -0.1) is 22.0 Å². The summed E-state index contributed by atoms with van der Waals surface area (Å²) in [5, 5.41) is 10.9. The summed E-state index contributed by atoms with van der Waals surface area (Å²) in [7, 11) is 0. The van der Waals surface area contributed by atoms with Crippen molar-refractivity contribution in [2.24, 2.45) is 5.92 Å². The van der Waals surface area contributed by atoms with E-state index in [0.29, 0.717) is 18.4 Å². The first kappa shape index (κ1) is 21.6. The highest BCUT2D eigenvalue weighted by atomic mass is 32.2. The Balaban J connectivity index is 1.19. The van der Waals surface area contributed by atoms with Crippen LogP contribution in [0.3, 0.4) is 0 Å². The summed E-state index contributed by atoms with van der Waals surface area (Å²) >= 11 is 1.67. The summed E-state index contributed by atoms with van der Waals surface area (Å²) in [6.07, 6.45) is 5.33. The van der Waals surface area contributed by atoms with Gasteiger partial charge in [0.1, 0.15) is 0 Å². The SMILES string of the molecule is CSc1ccc(-c2nnc(C(=O)NCCC3CCN(Cc4ccccc4)CC3)o2)cc1. The molecule has 0 bridgehead atoms. The number of piperidine rings is 1. The molecule has 2 aromatic carbocycles. The monoisotopic (exact) mass is 436 g/mol.